The highest BCUT2D eigenvalue weighted by Crippen LogP contribution is 2.30. The molecule has 1 aromatic carbocycles. The molecule has 1 aromatic rings. The lowest BCUT2D eigenvalue weighted by Crippen LogP contribution is -2.31. The van der Waals surface area contributed by atoms with Gasteiger partial charge in [0.25, 0.3) is 0 Å². The van der Waals surface area contributed by atoms with Crippen molar-refractivity contribution in [3.63, 3.8) is 0 Å². The fourth-order valence-electron chi connectivity index (χ4n) is 3.32. The number of carbonyl (C=O) groups is 2. The first kappa shape index (κ1) is 25.4. The second kappa shape index (κ2) is 13.6. The average molecular weight is 420 g/mol. The molecule has 0 unspecified atom stereocenters. The first-order valence-electron chi connectivity index (χ1n) is 10.2. The van der Waals surface area contributed by atoms with Gasteiger partial charge >= 0.3 is 11.9 Å². The van der Waals surface area contributed by atoms with Crippen molar-refractivity contribution in [3.05, 3.63) is 55.1 Å². The molecule has 0 aliphatic carbocycles. The molecule has 2 rings (SSSR count). The van der Waals surface area contributed by atoms with Crippen LogP contribution >= 0.6 is 0 Å². The monoisotopic (exact) mass is 419 g/mol. The maximum Gasteiger partial charge on any atom is 0.414 e. The van der Waals surface area contributed by atoms with Crippen LogP contribution in [0.4, 0.5) is 0 Å². The van der Waals surface area contributed by atoms with Gasteiger partial charge in [-0.1, -0.05) is 30.7 Å². The summed E-state index contributed by atoms with van der Waals surface area (Å²) >= 11 is 0. The molecule has 166 valence electrons. The number of hydrogen-bond donors (Lipinski definition) is 3. The molecule has 1 heterocycles. The lowest BCUT2D eigenvalue weighted by atomic mass is 9.87. The fourth-order valence-corrected chi connectivity index (χ4v) is 3.32. The normalized spacial score (nSPS) is 14.2. The SMILES string of the molecule is C=CCC(O)(CC=C)c1ccc(OCCCN2CCCCC2)cc1.O=C(O)C(=O)O. The number of rotatable bonds is 10. The smallest absolute Gasteiger partial charge is 0.414 e. The Kier molecular flexibility index (Phi) is 11.5. The van der Waals surface area contributed by atoms with E-state index in [0.29, 0.717) is 12.8 Å². The Bertz CT molecular complexity index is 657. The van der Waals surface area contributed by atoms with Crippen LogP contribution in [0.5, 0.6) is 5.75 Å². The third-order valence-electron chi connectivity index (χ3n) is 4.87. The van der Waals surface area contributed by atoms with Crippen LogP contribution in [0.1, 0.15) is 44.1 Å². The van der Waals surface area contributed by atoms with E-state index in [1.165, 1.54) is 32.4 Å². The summed E-state index contributed by atoms with van der Waals surface area (Å²) in [4.78, 5) is 20.7. The van der Waals surface area contributed by atoms with Gasteiger partial charge in [0.2, 0.25) is 0 Å². The molecule has 3 N–H and O–H groups in total. The van der Waals surface area contributed by atoms with Crippen molar-refractivity contribution in [1.82, 2.24) is 4.90 Å². The molecular formula is C23H33NO6. The van der Waals surface area contributed by atoms with E-state index in [4.69, 9.17) is 24.5 Å². The highest BCUT2D eigenvalue weighted by Gasteiger charge is 2.26. The van der Waals surface area contributed by atoms with Crippen molar-refractivity contribution < 1.29 is 29.6 Å². The van der Waals surface area contributed by atoms with E-state index in [0.717, 1.165) is 30.9 Å². The lowest BCUT2D eigenvalue weighted by Gasteiger charge is -2.27. The molecule has 0 aromatic heterocycles. The van der Waals surface area contributed by atoms with Crippen LogP contribution in [0, 0.1) is 0 Å². The summed E-state index contributed by atoms with van der Waals surface area (Å²) in [5.41, 5.74) is -0.0426. The maximum atomic E-state index is 10.7. The van der Waals surface area contributed by atoms with Crippen LogP contribution in [0.2, 0.25) is 0 Å². The summed E-state index contributed by atoms with van der Waals surface area (Å²) in [5.74, 6) is -2.79. The Labute approximate surface area is 178 Å². The minimum absolute atomic E-state index is 0.509. The molecule has 0 amide bonds. The number of nitrogens with zero attached hydrogens (tertiary/aromatic N) is 1. The number of carboxylic acid groups (broad SMARTS) is 2. The number of carboxylic acids is 2. The number of likely N-dealkylation sites (tertiary alicyclic amines) is 1. The lowest BCUT2D eigenvalue weighted by molar-refractivity contribution is -0.159. The molecule has 0 saturated carbocycles. The number of benzene rings is 1. The molecule has 1 fully saturated rings. The third-order valence-corrected chi connectivity index (χ3v) is 4.87. The molecule has 1 aliphatic heterocycles. The predicted molar refractivity (Wildman–Crippen MR) is 116 cm³/mol. The zero-order valence-corrected chi connectivity index (χ0v) is 17.5. The van der Waals surface area contributed by atoms with E-state index in [1.807, 2.05) is 24.3 Å². The molecule has 30 heavy (non-hydrogen) atoms. The first-order valence-corrected chi connectivity index (χ1v) is 10.2. The number of piperidine rings is 1. The van der Waals surface area contributed by atoms with E-state index >= 15 is 0 Å². The van der Waals surface area contributed by atoms with Crippen LogP contribution in [0.25, 0.3) is 0 Å². The second-order valence-corrected chi connectivity index (χ2v) is 7.26. The molecule has 7 heteroatoms. The Balaban J connectivity index is 0.000000656. The van der Waals surface area contributed by atoms with Gasteiger partial charge in [0, 0.05) is 6.54 Å². The number of ether oxygens (including phenoxy) is 1. The highest BCUT2D eigenvalue weighted by atomic mass is 16.5. The van der Waals surface area contributed by atoms with Gasteiger partial charge in [-0.15, -0.1) is 13.2 Å². The zero-order valence-electron chi connectivity index (χ0n) is 17.5. The maximum absolute atomic E-state index is 10.7. The predicted octanol–water partition coefficient (Wildman–Crippen LogP) is 3.44. The van der Waals surface area contributed by atoms with Crippen molar-refractivity contribution in [1.29, 1.82) is 0 Å². The van der Waals surface area contributed by atoms with E-state index in [2.05, 4.69) is 18.1 Å². The summed E-state index contributed by atoms with van der Waals surface area (Å²) in [6.45, 7) is 11.8. The molecule has 1 aliphatic rings. The number of aliphatic hydroxyl groups is 1. The van der Waals surface area contributed by atoms with Crippen LogP contribution in [0.15, 0.2) is 49.6 Å². The van der Waals surface area contributed by atoms with Gasteiger partial charge in [-0.3, -0.25) is 0 Å². The topological polar surface area (TPSA) is 107 Å². The fraction of sp³-hybridized carbons (Fsp3) is 0.478. The van der Waals surface area contributed by atoms with Crippen molar-refractivity contribution >= 4 is 11.9 Å². The minimum atomic E-state index is -1.82. The standard InChI is InChI=1S/C21H31NO2.C2H2O4/c1-3-13-21(23,14-4-2)19-9-11-20(12-10-19)24-18-8-17-22-15-6-5-7-16-22;3-1(4)2(5)6/h3-4,9-12,23H,1-2,5-8,13-18H2;(H,3,4)(H,5,6). The highest BCUT2D eigenvalue weighted by molar-refractivity contribution is 6.27. The van der Waals surface area contributed by atoms with E-state index in [9.17, 15) is 5.11 Å². The first-order chi connectivity index (χ1) is 14.3. The summed E-state index contributed by atoms with van der Waals surface area (Å²) in [7, 11) is 0. The van der Waals surface area contributed by atoms with Crippen LogP contribution < -0.4 is 4.74 Å². The van der Waals surface area contributed by atoms with Gasteiger partial charge in [0.05, 0.1) is 12.2 Å². The Morgan fingerprint density at radius 3 is 2.00 bits per heavy atom. The quantitative estimate of drug-likeness (QED) is 0.303. The zero-order chi connectivity index (χ0) is 22.4. The molecule has 7 nitrogen and oxygen atoms in total. The molecule has 1 saturated heterocycles. The summed E-state index contributed by atoms with van der Waals surface area (Å²) in [6, 6.07) is 7.75. The minimum Gasteiger partial charge on any atom is -0.494 e. The van der Waals surface area contributed by atoms with Crippen LogP contribution in [-0.2, 0) is 15.2 Å². The van der Waals surface area contributed by atoms with Gasteiger partial charge in [-0.2, -0.15) is 0 Å². The number of hydrogen-bond acceptors (Lipinski definition) is 5. The van der Waals surface area contributed by atoms with E-state index in [-0.39, 0.29) is 0 Å². The third kappa shape index (κ3) is 9.24. The van der Waals surface area contributed by atoms with Gasteiger partial charge in [-0.25, -0.2) is 9.59 Å². The largest absolute Gasteiger partial charge is 0.494 e. The summed E-state index contributed by atoms with van der Waals surface area (Å²) in [5, 5.41) is 25.5. The molecule has 0 radical (unpaired) electrons. The van der Waals surface area contributed by atoms with E-state index < -0.39 is 17.5 Å². The van der Waals surface area contributed by atoms with Crippen LogP contribution in [0.3, 0.4) is 0 Å². The van der Waals surface area contributed by atoms with Gasteiger partial charge in [0.1, 0.15) is 5.75 Å². The summed E-state index contributed by atoms with van der Waals surface area (Å²) < 4.78 is 5.84. The van der Waals surface area contributed by atoms with Crippen molar-refractivity contribution in [2.75, 3.05) is 26.2 Å². The van der Waals surface area contributed by atoms with Crippen molar-refractivity contribution in [2.24, 2.45) is 0 Å². The Hall–Kier alpha value is -2.64. The van der Waals surface area contributed by atoms with Crippen molar-refractivity contribution in [2.45, 2.75) is 44.1 Å². The molecule has 0 atom stereocenters. The Morgan fingerprint density at radius 1 is 1.00 bits per heavy atom. The summed E-state index contributed by atoms with van der Waals surface area (Å²) in [6.07, 6.45) is 9.61. The average Bonchev–Trinajstić information content (AvgIpc) is 2.73. The molecule has 0 spiro atoms. The second-order valence-electron chi connectivity index (χ2n) is 7.26. The Morgan fingerprint density at radius 2 is 1.53 bits per heavy atom. The van der Waals surface area contributed by atoms with E-state index in [1.54, 1.807) is 12.2 Å². The van der Waals surface area contributed by atoms with Crippen LogP contribution in [-0.4, -0.2) is 58.4 Å². The van der Waals surface area contributed by atoms with Crippen molar-refractivity contribution in [3.8, 4) is 5.75 Å². The molecular weight excluding hydrogens is 386 g/mol. The molecule has 0 bridgehead atoms. The van der Waals surface area contributed by atoms with Gasteiger partial charge in [0.15, 0.2) is 0 Å². The number of aliphatic carboxylic acids is 2. The van der Waals surface area contributed by atoms with Gasteiger partial charge < -0.3 is 25.0 Å². The van der Waals surface area contributed by atoms with Gasteiger partial charge in [-0.05, 0) is 62.9 Å².